The van der Waals surface area contributed by atoms with Crippen LogP contribution in [0.15, 0.2) is 21.3 Å². The van der Waals surface area contributed by atoms with Gasteiger partial charge in [-0.1, -0.05) is 0 Å². The minimum absolute atomic E-state index is 0.0378. The van der Waals surface area contributed by atoms with E-state index in [2.05, 4.69) is 26.2 Å². The number of nitrogens with one attached hydrogen (secondary N) is 1. The Morgan fingerprint density at radius 3 is 3.00 bits per heavy atom. The molecule has 1 N–H and O–H groups in total. The second-order valence-corrected chi connectivity index (χ2v) is 7.62. The molecule has 1 fully saturated rings. The molecule has 2 heterocycles. The van der Waals surface area contributed by atoms with Gasteiger partial charge in [0.15, 0.2) is 5.13 Å². The Bertz CT molecular complexity index is 640. The molecule has 0 bridgehead atoms. The van der Waals surface area contributed by atoms with Crippen LogP contribution in [0.5, 0.6) is 0 Å². The van der Waals surface area contributed by atoms with E-state index < -0.39 is 0 Å². The number of nitrogens with zero attached hydrogens (tertiary/aromatic N) is 1. The molecule has 0 aromatic carbocycles. The van der Waals surface area contributed by atoms with Crippen LogP contribution in [0.25, 0.3) is 10.6 Å². The molecule has 3 rings (SSSR count). The summed E-state index contributed by atoms with van der Waals surface area (Å²) in [6.07, 6.45) is 2.87. The highest BCUT2D eigenvalue weighted by Gasteiger charge is 2.30. The van der Waals surface area contributed by atoms with Gasteiger partial charge in [-0.3, -0.25) is 4.79 Å². The van der Waals surface area contributed by atoms with Crippen molar-refractivity contribution in [1.82, 2.24) is 4.98 Å². The van der Waals surface area contributed by atoms with E-state index in [0.717, 1.165) is 34.3 Å². The molecule has 0 aliphatic heterocycles. The lowest BCUT2D eigenvalue weighted by Crippen LogP contribution is -2.21. The molecule has 2 unspecified atom stereocenters. The maximum Gasteiger partial charge on any atom is 0.229 e. The number of anilines is 1. The fraction of sp³-hybridized carbons (Fsp3) is 0.429. The van der Waals surface area contributed by atoms with Gasteiger partial charge < -0.3 is 10.1 Å². The molecule has 112 valence electrons. The Hall–Kier alpha value is -0.760. The van der Waals surface area contributed by atoms with E-state index in [1.807, 2.05) is 16.8 Å². The number of aromatic nitrogens is 1. The summed E-state index contributed by atoms with van der Waals surface area (Å²) in [6, 6.07) is 2.00. The molecule has 0 radical (unpaired) electrons. The summed E-state index contributed by atoms with van der Waals surface area (Å²) in [7, 11) is 1.71. The van der Waals surface area contributed by atoms with Crippen molar-refractivity contribution in [1.29, 1.82) is 0 Å². The topological polar surface area (TPSA) is 51.2 Å². The van der Waals surface area contributed by atoms with Crippen molar-refractivity contribution < 1.29 is 9.53 Å². The summed E-state index contributed by atoms with van der Waals surface area (Å²) >= 11 is 6.60. The number of methoxy groups -OCH3 is 1. The molecule has 1 amide bonds. The highest BCUT2D eigenvalue weighted by Crippen LogP contribution is 2.35. The highest BCUT2D eigenvalue weighted by atomic mass is 79.9. The number of rotatable bonds is 4. The van der Waals surface area contributed by atoms with Crippen LogP contribution < -0.4 is 5.32 Å². The number of thiophene rings is 1. The fourth-order valence-electron chi connectivity index (χ4n) is 2.51. The number of carbonyl (C=O) groups excluding carboxylic acids is 1. The number of thiazole rings is 1. The minimum Gasteiger partial charge on any atom is -0.381 e. The van der Waals surface area contributed by atoms with Gasteiger partial charge in [0, 0.05) is 22.9 Å². The van der Waals surface area contributed by atoms with Gasteiger partial charge in [0.1, 0.15) is 0 Å². The van der Waals surface area contributed by atoms with E-state index in [1.54, 1.807) is 18.4 Å². The van der Waals surface area contributed by atoms with Crippen molar-refractivity contribution in [2.75, 3.05) is 12.4 Å². The first-order chi connectivity index (χ1) is 10.2. The third kappa shape index (κ3) is 3.36. The van der Waals surface area contributed by atoms with Gasteiger partial charge in [-0.2, -0.15) is 0 Å². The number of carbonyl (C=O) groups is 1. The lowest BCUT2D eigenvalue weighted by molar-refractivity contribution is -0.119. The maximum atomic E-state index is 12.2. The van der Waals surface area contributed by atoms with Gasteiger partial charge in [-0.25, -0.2) is 4.98 Å². The van der Waals surface area contributed by atoms with E-state index in [-0.39, 0.29) is 17.9 Å². The molecular formula is C14H15BrN2O2S2. The quantitative estimate of drug-likeness (QED) is 0.847. The van der Waals surface area contributed by atoms with E-state index in [0.29, 0.717) is 5.13 Å². The maximum absolute atomic E-state index is 12.2. The smallest absolute Gasteiger partial charge is 0.229 e. The summed E-state index contributed by atoms with van der Waals surface area (Å²) in [5, 5.41) is 7.58. The number of ether oxygens (including phenoxy) is 1. The first kappa shape index (κ1) is 15.1. The third-order valence-electron chi connectivity index (χ3n) is 3.67. The van der Waals surface area contributed by atoms with E-state index in [9.17, 15) is 4.79 Å². The van der Waals surface area contributed by atoms with Crippen LogP contribution in [0.2, 0.25) is 0 Å². The van der Waals surface area contributed by atoms with Crippen LogP contribution in [0.4, 0.5) is 5.13 Å². The molecule has 2 atom stereocenters. The number of hydrogen-bond donors (Lipinski definition) is 1. The molecule has 0 spiro atoms. The Kier molecular flexibility index (Phi) is 4.73. The minimum atomic E-state index is 0.0378. The van der Waals surface area contributed by atoms with Crippen LogP contribution in [0.3, 0.4) is 0 Å². The molecule has 7 heteroatoms. The number of hydrogen-bond acceptors (Lipinski definition) is 5. The van der Waals surface area contributed by atoms with Crippen molar-refractivity contribution in [3.8, 4) is 10.6 Å². The van der Waals surface area contributed by atoms with Gasteiger partial charge in [0.2, 0.25) is 5.91 Å². The first-order valence-electron chi connectivity index (χ1n) is 6.70. The van der Waals surface area contributed by atoms with E-state index in [1.165, 1.54) is 11.3 Å². The van der Waals surface area contributed by atoms with Crippen LogP contribution in [-0.4, -0.2) is 24.1 Å². The van der Waals surface area contributed by atoms with Crippen molar-refractivity contribution in [3.63, 3.8) is 0 Å². The van der Waals surface area contributed by atoms with Crippen LogP contribution in [-0.2, 0) is 9.53 Å². The average molecular weight is 387 g/mol. The van der Waals surface area contributed by atoms with Gasteiger partial charge in [-0.05, 0) is 46.6 Å². The van der Waals surface area contributed by atoms with Gasteiger partial charge in [0.25, 0.3) is 0 Å². The zero-order valence-electron chi connectivity index (χ0n) is 11.5. The SMILES string of the molecule is COC1CCC(C(=O)Nc2nc(-c3sccc3Br)cs2)C1. The van der Waals surface area contributed by atoms with Crippen LogP contribution >= 0.6 is 38.6 Å². The van der Waals surface area contributed by atoms with Crippen molar-refractivity contribution in [3.05, 3.63) is 21.3 Å². The van der Waals surface area contributed by atoms with Crippen LogP contribution in [0, 0.1) is 5.92 Å². The Labute approximate surface area is 139 Å². The molecule has 2 aromatic heterocycles. The fourth-order valence-corrected chi connectivity index (χ4v) is 4.83. The molecule has 1 aliphatic rings. The van der Waals surface area contributed by atoms with Crippen molar-refractivity contribution >= 4 is 49.6 Å². The second kappa shape index (κ2) is 6.56. The molecule has 1 aliphatic carbocycles. The first-order valence-corrected chi connectivity index (χ1v) is 9.25. The van der Waals surface area contributed by atoms with E-state index >= 15 is 0 Å². The van der Waals surface area contributed by atoms with Gasteiger partial charge in [0.05, 0.1) is 16.7 Å². The number of amides is 1. The van der Waals surface area contributed by atoms with Crippen molar-refractivity contribution in [2.24, 2.45) is 5.92 Å². The zero-order valence-corrected chi connectivity index (χ0v) is 14.7. The van der Waals surface area contributed by atoms with Gasteiger partial charge >= 0.3 is 0 Å². The molecule has 2 aromatic rings. The predicted molar refractivity (Wildman–Crippen MR) is 89.9 cm³/mol. The van der Waals surface area contributed by atoms with Gasteiger partial charge in [-0.15, -0.1) is 22.7 Å². The van der Waals surface area contributed by atoms with Crippen LogP contribution in [0.1, 0.15) is 19.3 Å². The summed E-state index contributed by atoms with van der Waals surface area (Å²) in [5.41, 5.74) is 0.901. The molecule has 0 saturated heterocycles. The summed E-state index contributed by atoms with van der Waals surface area (Å²) in [4.78, 5) is 17.8. The third-order valence-corrected chi connectivity index (χ3v) is 6.29. The molecular weight excluding hydrogens is 372 g/mol. The Balaban J connectivity index is 1.65. The summed E-state index contributed by atoms with van der Waals surface area (Å²) in [5.74, 6) is 0.0940. The second-order valence-electron chi connectivity index (χ2n) is 4.99. The molecule has 1 saturated carbocycles. The highest BCUT2D eigenvalue weighted by molar-refractivity contribution is 9.10. The zero-order chi connectivity index (χ0) is 14.8. The van der Waals surface area contributed by atoms with E-state index in [4.69, 9.17) is 4.74 Å². The number of halogens is 1. The lowest BCUT2D eigenvalue weighted by atomic mass is 10.1. The summed E-state index contributed by atoms with van der Waals surface area (Å²) in [6.45, 7) is 0. The molecule has 21 heavy (non-hydrogen) atoms. The largest absolute Gasteiger partial charge is 0.381 e. The average Bonchev–Trinajstić information content (AvgIpc) is 3.18. The monoisotopic (exact) mass is 386 g/mol. The predicted octanol–water partition coefficient (Wildman–Crippen LogP) is 4.39. The standard InChI is InChI=1S/C14H15BrN2O2S2/c1-19-9-3-2-8(6-9)13(18)17-14-16-11(7-21-14)12-10(15)4-5-20-12/h4-5,7-9H,2-3,6H2,1H3,(H,16,17,18). The van der Waals surface area contributed by atoms with Crippen molar-refractivity contribution in [2.45, 2.75) is 25.4 Å². The summed E-state index contributed by atoms with van der Waals surface area (Å²) < 4.78 is 6.35. The Morgan fingerprint density at radius 2 is 2.33 bits per heavy atom. The lowest BCUT2D eigenvalue weighted by Gasteiger charge is -2.09. The molecule has 4 nitrogen and oxygen atoms in total. The Morgan fingerprint density at radius 1 is 1.48 bits per heavy atom. The normalized spacial score (nSPS) is 21.6.